The van der Waals surface area contributed by atoms with Gasteiger partial charge in [0.2, 0.25) is 0 Å². The minimum atomic E-state index is -0.924. The minimum absolute atomic E-state index is 0.128. The lowest BCUT2D eigenvalue weighted by Crippen LogP contribution is -2.34. The zero-order chi connectivity index (χ0) is 25.8. The van der Waals surface area contributed by atoms with Crippen LogP contribution in [0.25, 0.3) is 0 Å². The van der Waals surface area contributed by atoms with E-state index in [-0.39, 0.29) is 5.92 Å². The maximum absolute atomic E-state index is 15.3. The van der Waals surface area contributed by atoms with Gasteiger partial charge in [-0.1, -0.05) is 18.9 Å². The average Bonchev–Trinajstić information content (AvgIpc) is 3.35. The molecule has 0 bridgehead atoms. The SMILES string of the molecule is COc1cc(CCCC[C@@H](F)[C@@H]2CCN([C@H](C(=O)O)c3cccnc3C3CCC3)C2)nc2c1CCCN2. The molecule has 2 aliphatic heterocycles. The Morgan fingerprint density at radius 2 is 2.16 bits per heavy atom. The number of likely N-dealkylation sites (tertiary alicyclic amines) is 1. The van der Waals surface area contributed by atoms with Crippen molar-refractivity contribution in [1.29, 1.82) is 0 Å². The van der Waals surface area contributed by atoms with E-state index >= 15 is 4.39 Å². The van der Waals surface area contributed by atoms with Crippen LogP contribution in [0.2, 0.25) is 0 Å². The first-order chi connectivity index (χ1) is 18.0. The molecule has 4 heterocycles. The number of aryl methyl sites for hydroxylation is 1. The number of carboxylic acids is 1. The fourth-order valence-corrected chi connectivity index (χ4v) is 6.16. The van der Waals surface area contributed by atoms with Crippen molar-refractivity contribution in [3.8, 4) is 5.75 Å². The third-order valence-corrected chi connectivity index (χ3v) is 8.44. The Morgan fingerprint density at radius 3 is 2.92 bits per heavy atom. The maximum Gasteiger partial charge on any atom is 0.325 e. The second kappa shape index (κ2) is 11.8. The predicted octanol–water partition coefficient (Wildman–Crippen LogP) is 5.31. The molecule has 2 aromatic heterocycles. The molecule has 1 saturated heterocycles. The Morgan fingerprint density at radius 1 is 1.30 bits per heavy atom. The van der Waals surface area contributed by atoms with E-state index in [1.807, 2.05) is 23.1 Å². The van der Waals surface area contributed by atoms with Gasteiger partial charge in [-0.25, -0.2) is 9.37 Å². The van der Waals surface area contributed by atoms with E-state index in [1.165, 1.54) is 6.42 Å². The first-order valence-corrected chi connectivity index (χ1v) is 13.9. The molecule has 2 aromatic rings. The number of nitrogens with one attached hydrogen (secondary N) is 1. The molecule has 0 aromatic carbocycles. The number of ether oxygens (including phenoxy) is 1. The third kappa shape index (κ3) is 5.74. The van der Waals surface area contributed by atoms with Gasteiger partial charge in [0.25, 0.3) is 0 Å². The topological polar surface area (TPSA) is 87.6 Å². The molecular formula is C29H39FN4O3. The summed E-state index contributed by atoms with van der Waals surface area (Å²) in [5.41, 5.74) is 3.84. The zero-order valence-electron chi connectivity index (χ0n) is 21.8. The third-order valence-electron chi connectivity index (χ3n) is 8.44. The maximum atomic E-state index is 15.3. The number of alkyl halides is 1. The Balaban J connectivity index is 1.14. The van der Waals surface area contributed by atoms with Gasteiger partial charge < -0.3 is 15.2 Å². The van der Waals surface area contributed by atoms with Crippen LogP contribution in [0.5, 0.6) is 5.75 Å². The van der Waals surface area contributed by atoms with Crippen LogP contribution in [0.15, 0.2) is 24.4 Å². The van der Waals surface area contributed by atoms with Gasteiger partial charge in [0, 0.05) is 59.7 Å². The Bertz CT molecular complexity index is 1080. The lowest BCUT2D eigenvalue weighted by Gasteiger charge is -2.31. The van der Waals surface area contributed by atoms with Crippen LogP contribution < -0.4 is 10.1 Å². The standard InChI is InChI=1S/C29H39FN4O3/c1-37-25-17-21(33-28-22(25)10-5-15-32-28)9-2-3-12-24(30)20-13-16-34(18-20)27(29(35)36)23-11-6-14-31-26(23)19-7-4-8-19/h6,11,14,17,19-20,24,27H,2-5,7-10,12-13,15-16,18H2,1H3,(H,32,33)(H,35,36)/t20-,24-,27+/m1/s1. The quantitative estimate of drug-likeness (QED) is 0.396. The summed E-state index contributed by atoms with van der Waals surface area (Å²) in [5.74, 6) is 1.18. The number of carboxylic acid groups (broad SMARTS) is 1. The van der Waals surface area contributed by atoms with E-state index in [1.54, 1.807) is 13.3 Å². The van der Waals surface area contributed by atoms with Crippen LogP contribution in [-0.4, -0.2) is 58.9 Å². The van der Waals surface area contributed by atoms with Crippen molar-refractivity contribution in [3.63, 3.8) is 0 Å². The van der Waals surface area contributed by atoms with E-state index in [0.29, 0.717) is 31.8 Å². The van der Waals surface area contributed by atoms with Crippen LogP contribution in [0, 0.1) is 5.92 Å². The van der Waals surface area contributed by atoms with Crippen molar-refractivity contribution in [3.05, 3.63) is 46.9 Å². The van der Waals surface area contributed by atoms with Crippen LogP contribution in [-0.2, 0) is 17.6 Å². The van der Waals surface area contributed by atoms with Crippen molar-refractivity contribution in [2.24, 2.45) is 5.92 Å². The van der Waals surface area contributed by atoms with Gasteiger partial charge in [-0.05, 0) is 64.0 Å². The summed E-state index contributed by atoms with van der Waals surface area (Å²) in [7, 11) is 1.70. The zero-order valence-corrected chi connectivity index (χ0v) is 21.8. The molecule has 1 aliphatic carbocycles. The number of methoxy groups -OCH3 is 1. The van der Waals surface area contributed by atoms with Crippen molar-refractivity contribution >= 4 is 11.8 Å². The highest BCUT2D eigenvalue weighted by atomic mass is 19.1. The first-order valence-electron chi connectivity index (χ1n) is 13.9. The number of hydrogen-bond acceptors (Lipinski definition) is 6. The second-order valence-electron chi connectivity index (χ2n) is 10.8. The highest BCUT2D eigenvalue weighted by Gasteiger charge is 2.39. The highest BCUT2D eigenvalue weighted by Crippen LogP contribution is 2.41. The number of rotatable bonds is 11. The largest absolute Gasteiger partial charge is 0.496 e. The van der Waals surface area contributed by atoms with Gasteiger partial charge >= 0.3 is 5.97 Å². The van der Waals surface area contributed by atoms with Crippen LogP contribution in [0.4, 0.5) is 10.2 Å². The second-order valence-corrected chi connectivity index (χ2v) is 10.8. The number of nitrogens with zero attached hydrogens (tertiary/aromatic N) is 3. The summed E-state index contributed by atoms with van der Waals surface area (Å²) in [4.78, 5) is 23.6. The fraction of sp³-hybridized carbons (Fsp3) is 0.621. The number of unbranched alkanes of at least 4 members (excludes halogenated alkanes) is 1. The summed E-state index contributed by atoms with van der Waals surface area (Å²) in [6, 6.07) is 5.00. The number of pyridine rings is 2. The molecule has 0 spiro atoms. The molecule has 2 N–H and O–H groups in total. The lowest BCUT2D eigenvalue weighted by molar-refractivity contribution is -0.143. The summed E-state index contributed by atoms with van der Waals surface area (Å²) in [5, 5.41) is 13.5. The summed E-state index contributed by atoms with van der Waals surface area (Å²) in [6.45, 7) is 2.01. The molecule has 1 saturated carbocycles. The molecular weight excluding hydrogens is 471 g/mol. The van der Waals surface area contributed by atoms with Gasteiger partial charge in [-0.15, -0.1) is 0 Å². The number of aromatic nitrogens is 2. The van der Waals surface area contributed by atoms with Crippen LogP contribution in [0.3, 0.4) is 0 Å². The molecule has 0 amide bonds. The molecule has 3 aliphatic rings. The molecule has 3 atom stereocenters. The van der Waals surface area contributed by atoms with E-state index in [2.05, 4.69) is 10.3 Å². The molecule has 37 heavy (non-hydrogen) atoms. The summed E-state index contributed by atoms with van der Waals surface area (Å²) < 4.78 is 20.8. The van der Waals surface area contributed by atoms with Gasteiger partial charge in [0.1, 0.15) is 23.8 Å². The van der Waals surface area contributed by atoms with Crippen LogP contribution in [0.1, 0.15) is 85.8 Å². The predicted molar refractivity (Wildman–Crippen MR) is 141 cm³/mol. The highest BCUT2D eigenvalue weighted by molar-refractivity contribution is 5.76. The van der Waals surface area contributed by atoms with E-state index in [0.717, 1.165) is 85.6 Å². The molecule has 0 unspecified atom stereocenters. The number of anilines is 1. The number of carbonyl (C=O) groups is 1. The van der Waals surface area contributed by atoms with Crippen molar-refractivity contribution in [1.82, 2.24) is 14.9 Å². The molecule has 0 radical (unpaired) electrons. The van der Waals surface area contributed by atoms with Crippen molar-refractivity contribution in [2.45, 2.75) is 82.3 Å². The van der Waals surface area contributed by atoms with Crippen LogP contribution >= 0.6 is 0 Å². The Labute approximate surface area is 218 Å². The van der Waals surface area contributed by atoms with E-state index in [4.69, 9.17) is 9.72 Å². The number of fused-ring (bicyclic) bond motifs is 1. The first kappa shape index (κ1) is 25.9. The lowest BCUT2D eigenvalue weighted by atomic mass is 9.80. The molecule has 5 rings (SSSR count). The Hall–Kier alpha value is -2.74. The minimum Gasteiger partial charge on any atom is -0.496 e. The number of halogens is 1. The number of aliphatic carboxylic acids is 1. The van der Waals surface area contributed by atoms with Gasteiger partial charge in [0.15, 0.2) is 0 Å². The fourth-order valence-electron chi connectivity index (χ4n) is 6.16. The van der Waals surface area contributed by atoms with Gasteiger partial charge in [-0.3, -0.25) is 14.7 Å². The summed E-state index contributed by atoms with van der Waals surface area (Å²) in [6.07, 6.45) is 9.82. The Kier molecular flexibility index (Phi) is 8.23. The van der Waals surface area contributed by atoms with Gasteiger partial charge in [0.05, 0.1) is 7.11 Å². The van der Waals surface area contributed by atoms with E-state index < -0.39 is 18.2 Å². The van der Waals surface area contributed by atoms with Crippen molar-refractivity contribution < 1.29 is 19.0 Å². The molecule has 200 valence electrons. The molecule has 7 nitrogen and oxygen atoms in total. The molecule has 2 fully saturated rings. The summed E-state index contributed by atoms with van der Waals surface area (Å²) >= 11 is 0. The number of hydrogen-bond donors (Lipinski definition) is 2. The monoisotopic (exact) mass is 510 g/mol. The van der Waals surface area contributed by atoms with E-state index in [9.17, 15) is 9.90 Å². The molecule has 8 heteroatoms. The average molecular weight is 511 g/mol. The smallest absolute Gasteiger partial charge is 0.325 e. The van der Waals surface area contributed by atoms with Crippen molar-refractivity contribution in [2.75, 3.05) is 32.1 Å². The normalized spacial score (nSPS) is 21.5. The van der Waals surface area contributed by atoms with Gasteiger partial charge in [-0.2, -0.15) is 0 Å².